The van der Waals surface area contributed by atoms with E-state index in [1.54, 1.807) is 0 Å². The molecule has 10 aromatic rings. The predicted octanol–water partition coefficient (Wildman–Crippen LogP) is 13.4. The van der Waals surface area contributed by atoms with Crippen LogP contribution in [0.15, 0.2) is 186 Å². The second-order valence-corrected chi connectivity index (χ2v) is 13.9. The van der Waals surface area contributed by atoms with Gasteiger partial charge in [0, 0.05) is 55.9 Å². The Labute approximate surface area is 323 Å². The van der Waals surface area contributed by atoms with E-state index in [1.807, 2.05) is 91.1 Å². The fraction of sp³-hybridized carbons (Fsp3) is 0.0400. The van der Waals surface area contributed by atoms with Crippen LogP contribution in [0, 0.1) is 23.8 Å². The molecule has 264 valence electrons. The Kier molecular flexibility index (Phi) is 7.95. The van der Waals surface area contributed by atoms with Crippen molar-refractivity contribution >= 4 is 83.1 Å². The number of nitriles is 1. The van der Waals surface area contributed by atoms with Crippen LogP contribution in [0.2, 0.25) is 0 Å². The van der Waals surface area contributed by atoms with Crippen molar-refractivity contribution in [2.24, 2.45) is 5.92 Å². The van der Waals surface area contributed by atoms with Gasteiger partial charge in [-0.1, -0.05) is 97.1 Å². The van der Waals surface area contributed by atoms with E-state index in [2.05, 4.69) is 110 Å². The highest BCUT2D eigenvalue weighted by Crippen LogP contribution is 2.41. The third kappa shape index (κ3) is 5.32. The molecular formula is C50H33N5O. The highest BCUT2D eigenvalue weighted by molar-refractivity contribution is 6.24. The van der Waals surface area contributed by atoms with E-state index in [4.69, 9.17) is 11.0 Å². The van der Waals surface area contributed by atoms with Crippen molar-refractivity contribution in [3.05, 3.63) is 193 Å². The van der Waals surface area contributed by atoms with Crippen LogP contribution in [0.3, 0.4) is 0 Å². The smallest absolute Gasteiger partial charge is 0.173 e. The molecule has 0 N–H and O–H groups in total. The number of nitrogens with zero attached hydrogens (tertiary/aromatic N) is 5. The van der Waals surface area contributed by atoms with Crippen molar-refractivity contribution in [2.45, 2.75) is 6.42 Å². The van der Waals surface area contributed by atoms with E-state index in [9.17, 15) is 5.26 Å². The lowest BCUT2D eigenvalue weighted by atomic mass is 10.0. The molecule has 0 saturated carbocycles. The molecule has 6 heteroatoms. The van der Waals surface area contributed by atoms with Crippen LogP contribution in [-0.4, -0.2) is 9.13 Å². The van der Waals surface area contributed by atoms with Gasteiger partial charge < -0.3 is 18.5 Å². The van der Waals surface area contributed by atoms with Gasteiger partial charge in [0.2, 0.25) is 0 Å². The monoisotopic (exact) mass is 719 g/mol. The molecule has 0 aliphatic rings. The second kappa shape index (κ2) is 13.6. The Bertz CT molecular complexity index is 3170. The summed E-state index contributed by atoms with van der Waals surface area (Å²) >= 11 is 0. The summed E-state index contributed by atoms with van der Waals surface area (Å²) in [6.45, 7) is 7.82. The summed E-state index contributed by atoms with van der Waals surface area (Å²) in [6.07, 6.45) is 5.84. The van der Waals surface area contributed by atoms with Crippen LogP contribution in [0.5, 0.6) is 0 Å². The Morgan fingerprint density at radius 3 is 1.93 bits per heavy atom. The molecule has 0 spiro atoms. The molecule has 0 aliphatic carbocycles. The summed E-state index contributed by atoms with van der Waals surface area (Å²) in [7, 11) is 0. The number of furan rings is 1. The van der Waals surface area contributed by atoms with E-state index in [0.717, 1.165) is 77.5 Å². The zero-order valence-electron chi connectivity index (χ0n) is 30.2. The Morgan fingerprint density at radius 2 is 1.27 bits per heavy atom. The summed E-state index contributed by atoms with van der Waals surface area (Å²) in [6, 6.07) is 58.7. The van der Waals surface area contributed by atoms with Crippen molar-refractivity contribution < 1.29 is 4.42 Å². The molecule has 10 rings (SSSR count). The molecule has 3 heterocycles. The quantitative estimate of drug-likeness (QED) is 0.147. The molecule has 0 bridgehead atoms. The molecule has 1 atom stereocenters. The van der Waals surface area contributed by atoms with Crippen molar-refractivity contribution in [1.29, 1.82) is 5.26 Å². The Hall–Kier alpha value is -7.80. The van der Waals surface area contributed by atoms with Crippen LogP contribution in [0.4, 0.5) is 11.4 Å². The number of anilines is 2. The lowest BCUT2D eigenvalue weighted by molar-refractivity contribution is 0.673. The molecule has 7 aromatic carbocycles. The summed E-state index contributed by atoms with van der Waals surface area (Å²) in [5, 5.41) is 17.2. The SMILES string of the molecule is [C-]#[N+]/C=C(/CC(C#N)/C=C/n1c2ccc(-n3c4ccccc4c4ccccc43)cc2c2c3oc4ccccc4c3ccc21)N(c1ccccc1)c1ccccc1. The number of allylic oxidation sites excluding steroid dienone is 2. The molecule has 0 fully saturated rings. The van der Waals surface area contributed by atoms with Gasteiger partial charge in [-0.25, -0.2) is 4.85 Å². The minimum Gasteiger partial charge on any atom is -0.455 e. The summed E-state index contributed by atoms with van der Waals surface area (Å²) in [5.74, 6) is -0.530. The maximum Gasteiger partial charge on any atom is 0.173 e. The van der Waals surface area contributed by atoms with E-state index in [-0.39, 0.29) is 0 Å². The third-order valence-corrected chi connectivity index (χ3v) is 10.7. The first-order chi connectivity index (χ1) is 27.7. The molecule has 56 heavy (non-hydrogen) atoms. The van der Waals surface area contributed by atoms with Crippen LogP contribution in [0.1, 0.15) is 6.42 Å². The topological polar surface area (TPSA) is 54.4 Å². The highest BCUT2D eigenvalue weighted by atomic mass is 16.3. The fourth-order valence-corrected chi connectivity index (χ4v) is 8.29. The van der Waals surface area contributed by atoms with Gasteiger partial charge in [0.15, 0.2) is 6.20 Å². The fourth-order valence-electron chi connectivity index (χ4n) is 8.29. The molecule has 0 amide bonds. The van der Waals surface area contributed by atoms with Gasteiger partial charge in [0.25, 0.3) is 0 Å². The maximum atomic E-state index is 10.6. The molecule has 3 aromatic heterocycles. The first-order valence-corrected chi connectivity index (χ1v) is 18.6. The summed E-state index contributed by atoms with van der Waals surface area (Å²) in [5.41, 5.74) is 9.57. The van der Waals surface area contributed by atoms with E-state index < -0.39 is 5.92 Å². The average molecular weight is 720 g/mol. The Balaban J connectivity index is 1.14. The molecular weight excluding hydrogens is 687 g/mol. The number of benzene rings is 7. The number of hydrogen-bond acceptors (Lipinski definition) is 3. The van der Waals surface area contributed by atoms with Gasteiger partial charge in [0.1, 0.15) is 11.2 Å². The summed E-state index contributed by atoms with van der Waals surface area (Å²) < 4.78 is 11.2. The molecule has 0 aliphatic heterocycles. The van der Waals surface area contributed by atoms with Crippen LogP contribution >= 0.6 is 0 Å². The van der Waals surface area contributed by atoms with Crippen molar-refractivity contribution in [1.82, 2.24) is 9.13 Å². The normalized spacial score (nSPS) is 12.6. The Morgan fingerprint density at radius 1 is 0.661 bits per heavy atom. The van der Waals surface area contributed by atoms with Gasteiger partial charge in [-0.2, -0.15) is 5.26 Å². The number of hydrogen-bond donors (Lipinski definition) is 0. The van der Waals surface area contributed by atoms with E-state index in [1.165, 1.54) is 17.0 Å². The van der Waals surface area contributed by atoms with E-state index >= 15 is 0 Å². The van der Waals surface area contributed by atoms with Gasteiger partial charge in [-0.05, 0) is 79.2 Å². The highest BCUT2D eigenvalue weighted by Gasteiger charge is 2.21. The molecule has 0 radical (unpaired) electrons. The largest absolute Gasteiger partial charge is 0.455 e. The van der Waals surface area contributed by atoms with Crippen LogP contribution in [0.25, 0.3) is 82.3 Å². The number of para-hydroxylation sites is 5. The molecule has 1 unspecified atom stereocenters. The van der Waals surface area contributed by atoms with E-state index in [0.29, 0.717) is 6.42 Å². The number of fused-ring (bicyclic) bond motifs is 10. The van der Waals surface area contributed by atoms with Crippen molar-refractivity contribution in [3.63, 3.8) is 0 Å². The standard InChI is InChI=1S/C50H33N5O/c1-52-33-38(54(35-14-4-2-5-15-35)36-16-6-3-7-17-36)30-34(32-51)28-29-53-44-26-24-37(55-45-21-11-8-18-39(45)40-19-9-12-22-46(40)55)31-43(44)49-47(53)27-25-42-41-20-10-13-23-48(41)56-50(42)49/h2-29,31,33-34H,30H2/b29-28+,38-33-. The minimum atomic E-state index is -0.530. The van der Waals surface area contributed by atoms with Gasteiger partial charge in [0.05, 0.1) is 46.0 Å². The average Bonchev–Trinajstić information content (AvgIpc) is 3.90. The second-order valence-electron chi connectivity index (χ2n) is 13.9. The van der Waals surface area contributed by atoms with Gasteiger partial charge in [-0.15, -0.1) is 0 Å². The van der Waals surface area contributed by atoms with Gasteiger partial charge >= 0.3 is 0 Å². The van der Waals surface area contributed by atoms with Crippen LogP contribution < -0.4 is 4.90 Å². The first kappa shape index (κ1) is 32.8. The summed E-state index contributed by atoms with van der Waals surface area (Å²) in [4.78, 5) is 5.76. The molecule has 6 nitrogen and oxygen atoms in total. The zero-order chi connectivity index (χ0) is 37.6. The lowest BCUT2D eigenvalue weighted by Gasteiger charge is -2.28. The molecule has 0 saturated heterocycles. The van der Waals surface area contributed by atoms with Crippen LogP contribution in [-0.2, 0) is 0 Å². The number of rotatable bonds is 8. The predicted molar refractivity (Wildman–Crippen MR) is 230 cm³/mol. The lowest BCUT2D eigenvalue weighted by Crippen LogP contribution is -2.18. The first-order valence-electron chi connectivity index (χ1n) is 18.6. The maximum absolute atomic E-state index is 10.6. The number of aromatic nitrogens is 2. The van der Waals surface area contributed by atoms with Crippen molar-refractivity contribution in [3.8, 4) is 11.8 Å². The van der Waals surface area contributed by atoms with Gasteiger partial charge in [-0.3, -0.25) is 0 Å². The zero-order valence-corrected chi connectivity index (χ0v) is 30.2. The third-order valence-electron chi connectivity index (χ3n) is 10.7. The van der Waals surface area contributed by atoms with Crippen molar-refractivity contribution in [2.75, 3.05) is 4.90 Å². The minimum absolute atomic E-state index is 0.335.